The van der Waals surface area contributed by atoms with Gasteiger partial charge in [-0.05, 0) is 52.4 Å². The van der Waals surface area contributed by atoms with Gasteiger partial charge in [-0.1, -0.05) is 104 Å². The number of aliphatic hydroxyl groups is 1. The molecule has 11 nitrogen and oxygen atoms in total. The summed E-state index contributed by atoms with van der Waals surface area (Å²) in [5, 5.41) is 18.4. The number of nitrogens with one attached hydrogen (secondary N) is 3. The van der Waals surface area contributed by atoms with Gasteiger partial charge in [-0.2, -0.15) is 0 Å². The van der Waals surface area contributed by atoms with E-state index >= 15 is 0 Å². The predicted molar refractivity (Wildman–Crippen MR) is 193 cm³/mol. The van der Waals surface area contributed by atoms with Crippen molar-refractivity contribution in [3.63, 3.8) is 0 Å². The Bertz CT molecular complexity index is 874. The normalized spacial score (nSPS) is 14.1. The standard InChI is InChI=1S/C36H72N3O8P/c1-6-7-8-9-10-11-12-13-14-15-16-17-18-25-34(41)39-33(24-20-22-26-37-35(42)30(2)3)36(43)38-27-21-19-23-32(28-40)29-46-48(44,45)47-31(4)5/h30-33,40H,6-29H2,1-5H3,(H,37,42)(H,38,43)(H,39,41)(H,44,45)/t32?,33-/m0/s1. The summed E-state index contributed by atoms with van der Waals surface area (Å²) in [6, 6.07) is -0.640. The first-order valence-corrected chi connectivity index (χ1v) is 20.5. The highest BCUT2D eigenvalue weighted by Crippen LogP contribution is 2.45. The first kappa shape index (κ1) is 46.5. The van der Waals surface area contributed by atoms with Crippen LogP contribution < -0.4 is 16.0 Å². The summed E-state index contributed by atoms with van der Waals surface area (Å²) in [4.78, 5) is 47.4. The van der Waals surface area contributed by atoms with Gasteiger partial charge in [0.2, 0.25) is 17.7 Å². The molecule has 0 aromatic rings. The third-order valence-corrected chi connectivity index (χ3v) is 9.48. The van der Waals surface area contributed by atoms with Crippen LogP contribution in [-0.4, -0.2) is 66.2 Å². The second kappa shape index (κ2) is 30.3. The zero-order chi connectivity index (χ0) is 36.0. The summed E-state index contributed by atoms with van der Waals surface area (Å²) in [5.74, 6) is -0.748. The van der Waals surface area contributed by atoms with Crippen molar-refractivity contribution in [1.29, 1.82) is 0 Å². The van der Waals surface area contributed by atoms with Crippen LogP contribution in [0.2, 0.25) is 0 Å². The molecule has 3 atom stereocenters. The second-order valence-electron chi connectivity index (χ2n) is 13.8. The molecule has 0 aliphatic carbocycles. The molecular weight excluding hydrogens is 633 g/mol. The molecule has 0 spiro atoms. The topological polar surface area (TPSA) is 163 Å². The van der Waals surface area contributed by atoms with Crippen molar-refractivity contribution in [2.75, 3.05) is 26.3 Å². The Morgan fingerprint density at radius 2 is 1.19 bits per heavy atom. The van der Waals surface area contributed by atoms with Crippen LogP contribution in [-0.2, 0) is 28.0 Å². The zero-order valence-electron chi connectivity index (χ0n) is 31.1. The molecule has 0 heterocycles. The van der Waals surface area contributed by atoms with Crippen LogP contribution in [0.15, 0.2) is 0 Å². The number of carbonyl (C=O) groups excluding carboxylic acids is 3. The molecule has 0 radical (unpaired) electrons. The second-order valence-corrected chi connectivity index (χ2v) is 15.2. The number of hydrogen-bond donors (Lipinski definition) is 5. The van der Waals surface area contributed by atoms with Gasteiger partial charge in [-0.25, -0.2) is 4.57 Å². The lowest BCUT2D eigenvalue weighted by atomic mass is 10.0. The number of hydrogen-bond acceptors (Lipinski definition) is 7. The van der Waals surface area contributed by atoms with Crippen LogP contribution in [0.5, 0.6) is 0 Å². The maximum Gasteiger partial charge on any atom is 0.472 e. The Balaban J connectivity index is 4.50. The molecule has 2 unspecified atom stereocenters. The van der Waals surface area contributed by atoms with Gasteiger partial charge in [0.1, 0.15) is 6.04 Å². The molecule has 0 saturated heterocycles. The van der Waals surface area contributed by atoms with Crippen LogP contribution >= 0.6 is 7.82 Å². The highest BCUT2D eigenvalue weighted by molar-refractivity contribution is 7.47. The summed E-state index contributed by atoms with van der Waals surface area (Å²) in [7, 11) is -4.16. The average molecular weight is 706 g/mol. The summed E-state index contributed by atoms with van der Waals surface area (Å²) < 4.78 is 21.8. The third kappa shape index (κ3) is 28.3. The lowest BCUT2D eigenvalue weighted by molar-refractivity contribution is -0.129. The highest BCUT2D eigenvalue weighted by atomic mass is 31.2. The number of amides is 3. The van der Waals surface area contributed by atoms with E-state index in [1.807, 2.05) is 13.8 Å². The van der Waals surface area contributed by atoms with Gasteiger partial charge in [-0.3, -0.25) is 23.4 Å². The lowest BCUT2D eigenvalue weighted by Gasteiger charge is -2.20. The van der Waals surface area contributed by atoms with Gasteiger partial charge in [0.05, 0.1) is 12.7 Å². The van der Waals surface area contributed by atoms with E-state index in [2.05, 4.69) is 22.9 Å². The average Bonchev–Trinajstić information content (AvgIpc) is 3.02. The SMILES string of the molecule is CCCCCCCCCCCCCCCC(=O)N[C@@H](CCCCNC(=O)C(C)C)C(=O)NCCCCC(CO)COP(=O)(O)OC(C)C. The van der Waals surface area contributed by atoms with E-state index in [9.17, 15) is 28.9 Å². The number of rotatable bonds is 33. The molecular formula is C36H72N3O8P. The predicted octanol–water partition coefficient (Wildman–Crippen LogP) is 7.33. The van der Waals surface area contributed by atoms with Crippen LogP contribution in [0, 0.1) is 11.8 Å². The number of phosphoric ester groups is 1. The van der Waals surface area contributed by atoms with Crippen molar-refractivity contribution in [3.8, 4) is 0 Å². The molecule has 0 rings (SSSR count). The van der Waals surface area contributed by atoms with Crippen LogP contribution in [0.25, 0.3) is 0 Å². The summed E-state index contributed by atoms with van der Waals surface area (Å²) in [6.07, 6.45) is 19.8. The number of phosphoric acid groups is 1. The zero-order valence-corrected chi connectivity index (χ0v) is 32.0. The van der Waals surface area contributed by atoms with Gasteiger partial charge in [0.15, 0.2) is 0 Å². The number of carbonyl (C=O) groups is 3. The third-order valence-electron chi connectivity index (χ3n) is 8.32. The molecule has 0 aliphatic rings. The van der Waals surface area contributed by atoms with Gasteiger partial charge in [0.25, 0.3) is 0 Å². The van der Waals surface area contributed by atoms with Crippen LogP contribution in [0.3, 0.4) is 0 Å². The molecule has 284 valence electrons. The van der Waals surface area contributed by atoms with E-state index in [0.29, 0.717) is 58.0 Å². The van der Waals surface area contributed by atoms with Gasteiger partial charge >= 0.3 is 7.82 Å². The number of unbranched alkanes of at least 4 members (excludes halogenated alkanes) is 14. The van der Waals surface area contributed by atoms with Crippen molar-refractivity contribution in [1.82, 2.24) is 16.0 Å². The Morgan fingerprint density at radius 3 is 1.69 bits per heavy atom. The maximum atomic E-state index is 13.1. The van der Waals surface area contributed by atoms with Crippen molar-refractivity contribution in [2.45, 2.75) is 175 Å². The molecule has 0 aromatic carbocycles. The fourth-order valence-electron chi connectivity index (χ4n) is 5.34. The van der Waals surface area contributed by atoms with E-state index in [4.69, 9.17) is 9.05 Å². The fraction of sp³-hybridized carbons (Fsp3) is 0.917. The van der Waals surface area contributed by atoms with Gasteiger partial charge < -0.3 is 26.0 Å². The minimum absolute atomic E-state index is 0.000311. The van der Waals surface area contributed by atoms with Crippen LogP contribution in [0.1, 0.15) is 163 Å². The van der Waals surface area contributed by atoms with E-state index < -0.39 is 20.0 Å². The molecule has 0 saturated carbocycles. The molecule has 0 fully saturated rings. The van der Waals surface area contributed by atoms with Crippen molar-refractivity contribution >= 4 is 25.5 Å². The van der Waals surface area contributed by atoms with E-state index in [1.165, 1.54) is 64.2 Å². The lowest BCUT2D eigenvalue weighted by Crippen LogP contribution is -2.47. The van der Waals surface area contributed by atoms with E-state index in [-0.39, 0.29) is 42.8 Å². The van der Waals surface area contributed by atoms with Gasteiger partial charge in [-0.15, -0.1) is 0 Å². The number of aliphatic hydroxyl groups excluding tert-OH is 1. The Morgan fingerprint density at radius 1 is 0.688 bits per heavy atom. The quantitative estimate of drug-likeness (QED) is 0.0350. The first-order chi connectivity index (χ1) is 22.9. The van der Waals surface area contributed by atoms with E-state index in [0.717, 1.165) is 19.3 Å². The first-order valence-electron chi connectivity index (χ1n) is 19.0. The molecule has 3 amide bonds. The molecule has 0 aliphatic heterocycles. The summed E-state index contributed by atoms with van der Waals surface area (Å²) >= 11 is 0. The molecule has 0 aromatic heterocycles. The Kier molecular flexibility index (Phi) is 29.4. The minimum Gasteiger partial charge on any atom is -0.396 e. The van der Waals surface area contributed by atoms with Crippen molar-refractivity contribution in [2.24, 2.45) is 11.8 Å². The Labute approximate surface area is 292 Å². The molecule has 0 bridgehead atoms. The van der Waals surface area contributed by atoms with Crippen molar-refractivity contribution in [3.05, 3.63) is 0 Å². The minimum atomic E-state index is -4.16. The highest BCUT2D eigenvalue weighted by Gasteiger charge is 2.25. The summed E-state index contributed by atoms with van der Waals surface area (Å²) in [5.41, 5.74) is 0. The summed E-state index contributed by atoms with van der Waals surface area (Å²) in [6.45, 7) is 9.84. The van der Waals surface area contributed by atoms with E-state index in [1.54, 1.807) is 13.8 Å². The largest absolute Gasteiger partial charge is 0.472 e. The van der Waals surface area contributed by atoms with Crippen molar-refractivity contribution < 1.29 is 38.0 Å². The monoisotopic (exact) mass is 706 g/mol. The smallest absolute Gasteiger partial charge is 0.396 e. The van der Waals surface area contributed by atoms with Crippen LogP contribution in [0.4, 0.5) is 0 Å². The van der Waals surface area contributed by atoms with Gasteiger partial charge in [0, 0.05) is 38.0 Å². The molecule has 12 heteroatoms. The fourth-order valence-corrected chi connectivity index (χ4v) is 6.34. The molecule has 48 heavy (non-hydrogen) atoms. The molecule has 5 N–H and O–H groups in total. The Hall–Kier alpha value is -1.52. The maximum absolute atomic E-state index is 13.1.